The summed E-state index contributed by atoms with van der Waals surface area (Å²) in [6, 6.07) is 18.9. The topological polar surface area (TPSA) is 89.5 Å². The fraction of sp³-hybridized carbons (Fsp3) is 0.167. The first-order valence-corrected chi connectivity index (χ1v) is 10.00. The average molecular weight is 398 g/mol. The number of aromatic nitrogens is 1. The number of rotatable bonds is 3. The van der Waals surface area contributed by atoms with Gasteiger partial charge >= 0.3 is 0 Å². The molecule has 1 aromatic heterocycles. The van der Waals surface area contributed by atoms with Gasteiger partial charge in [-0.3, -0.25) is 10.1 Å². The molecule has 4 aromatic rings. The molecule has 3 aromatic carbocycles. The van der Waals surface area contributed by atoms with Crippen LogP contribution in [0.3, 0.4) is 0 Å². The van der Waals surface area contributed by atoms with Crippen LogP contribution in [0.1, 0.15) is 29.8 Å². The van der Waals surface area contributed by atoms with Crippen LogP contribution in [0, 0.1) is 0 Å². The number of carbonyl (C=O) groups is 1. The molecule has 30 heavy (non-hydrogen) atoms. The van der Waals surface area contributed by atoms with E-state index in [9.17, 15) is 9.90 Å². The highest BCUT2D eigenvalue weighted by Crippen LogP contribution is 2.31. The van der Waals surface area contributed by atoms with Gasteiger partial charge in [0.05, 0.1) is 12.3 Å². The Labute approximate surface area is 173 Å². The van der Waals surface area contributed by atoms with Crippen LogP contribution < -0.4 is 10.7 Å². The molecule has 6 nitrogen and oxygen atoms in total. The summed E-state index contributed by atoms with van der Waals surface area (Å²) in [4.78, 5) is 16.2. The van der Waals surface area contributed by atoms with Gasteiger partial charge in [-0.25, -0.2) is 5.43 Å². The number of nitrogens with one attached hydrogen (secondary N) is 3. The zero-order valence-corrected chi connectivity index (χ0v) is 16.5. The Kier molecular flexibility index (Phi) is 4.48. The van der Waals surface area contributed by atoms with E-state index in [0.717, 1.165) is 27.5 Å². The fourth-order valence-corrected chi connectivity index (χ4v) is 4.21. The fourth-order valence-electron chi connectivity index (χ4n) is 4.21. The van der Waals surface area contributed by atoms with Crippen molar-refractivity contribution >= 4 is 33.8 Å². The lowest BCUT2D eigenvalue weighted by atomic mass is 9.94. The van der Waals surface area contributed by atoms with Crippen LogP contribution in [0.2, 0.25) is 0 Å². The van der Waals surface area contributed by atoms with E-state index >= 15 is 0 Å². The molecule has 2 atom stereocenters. The number of hydrogen-bond donors (Lipinski definition) is 4. The molecule has 6 heteroatoms. The number of hydrazone groups is 1. The molecule has 2 heterocycles. The van der Waals surface area contributed by atoms with Gasteiger partial charge in [-0.1, -0.05) is 36.4 Å². The van der Waals surface area contributed by atoms with Gasteiger partial charge in [-0.05, 0) is 59.5 Å². The largest absolute Gasteiger partial charge is 0.508 e. The predicted octanol–water partition coefficient (Wildman–Crippen LogP) is 3.75. The van der Waals surface area contributed by atoms with Crippen molar-refractivity contribution < 1.29 is 9.90 Å². The lowest BCUT2D eigenvalue weighted by Crippen LogP contribution is -2.47. The third-order valence-electron chi connectivity index (χ3n) is 5.69. The molecular formula is C24H22N4O2. The molecule has 0 spiro atoms. The number of fused-ring (bicyclic) bond motifs is 4. The van der Waals surface area contributed by atoms with E-state index in [1.165, 1.54) is 10.9 Å². The van der Waals surface area contributed by atoms with E-state index < -0.39 is 0 Å². The summed E-state index contributed by atoms with van der Waals surface area (Å²) in [6.45, 7) is 2.06. The molecule has 1 amide bonds. The second-order valence-corrected chi connectivity index (χ2v) is 7.73. The van der Waals surface area contributed by atoms with Gasteiger partial charge in [0.2, 0.25) is 0 Å². The Balaban J connectivity index is 1.30. The van der Waals surface area contributed by atoms with Gasteiger partial charge < -0.3 is 10.1 Å². The van der Waals surface area contributed by atoms with Crippen molar-refractivity contribution in [3.63, 3.8) is 0 Å². The van der Waals surface area contributed by atoms with E-state index in [0.29, 0.717) is 6.42 Å². The molecule has 0 fully saturated rings. The van der Waals surface area contributed by atoms with Crippen LogP contribution in [0.5, 0.6) is 5.75 Å². The van der Waals surface area contributed by atoms with Crippen molar-refractivity contribution in [3.8, 4) is 5.75 Å². The summed E-state index contributed by atoms with van der Waals surface area (Å²) in [5.74, 6) is 0.0866. The van der Waals surface area contributed by atoms with E-state index in [1.807, 2.05) is 36.4 Å². The molecule has 5 rings (SSSR count). The number of nitrogens with zero attached hydrogens (tertiary/aromatic N) is 1. The first-order valence-electron chi connectivity index (χ1n) is 10.00. The average Bonchev–Trinajstić information content (AvgIpc) is 3.13. The van der Waals surface area contributed by atoms with Gasteiger partial charge in [0.25, 0.3) is 5.91 Å². The lowest BCUT2D eigenvalue weighted by Gasteiger charge is -2.27. The Morgan fingerprint density at radius 3 is 2.83 bits per heavy atom. The molecule has 150 valence electrons. The first kappa shape index (κ1) is 18.4. The minimum Gasteiger partial charge on any atom is -0.508 e. The van der Waals surface area contributed by atoms with E-state index in [-0.39, 0.29) is 23.7 Å². The van der Waals surface area contributed by atoms with Gasteiger partial charge in [-0.2, -0.15) is 5.10 Å². The monoisotopic (exact) mass is 398 g/mol. The normalized spacial score (nSPS) is 18.7. The number of aromatic hydroxyl groups is 1. The maximum atomic E-state index is 12.7. The summed E-state index contributed by atoms with van der Waals surface area (Å²) in [5, 5.41) is 20.2. The number of phenols is 1. The Bertz CT molecular complexity index is 1290. The van der Waals surface area contributed by atoms with Crippen molar-refractivity contribution in [1.29, 1.82) is 0 Å². The highest BCUT2D eigenvalue weighted by molar-refractivity contribution is 5.92. The number of benzene rings is 3. The SMILES string of the molecule is CC1NC(C(=O)N/N=C/c2ccc3cc(O)ccc3c2)Cc2c1[nH]c1ccccc21. The van der Waals surface area contributed by atoms with Crippen molar-refractivity contribution in [3.05, 3.63) is 77.5 Å². The van der Waals surface area contributed by atoms with Crippen molar-refractivity contribution in [2.75, 3.05) is 0 Å². The minimum absolute atomic E-state index is 0.0535. The van der Waals surface area contributed by atoms with E-state index in [2.05, 4.69) is 39.9 Å². The molecule has 2 unspecified atom stereocenters. The molecule has 4 N–H and O–H groups in total. The lowest BCUT2D eigenvalue weighted by molar-refractivity contribution is -0.123. The Morgan fingerprint density at radius 1 is 1.13 bits per heavy atom. The van der Waals surface area contributed by atoms with Crippen LogP contribution in [0.4, 0.5) is 0 Å². The molecular weight excluding hydrogens is 376 g/mol. The predicted molar refractivity (Wildman–Crippen MR) is 119 cm³/mol. The maximum absolute atomic E-state index is 12.7. The third kappa shape index (κ3) is 3.31. The van der Waals surface area contributed by atoms with Crippen LogP contribution in [-0.2, 0) is 11.2 Å². The van der Waals surface area contributed by atoms with Crippen molar-refractivity contribution in [2.45, 2.75) is 25.4 Å². The van der Waals surface area contributed by atoms with Gasteiger partial charge in [-0.15, -0.1) is 0 Å². The second-order valence-electron chi connectivity index (χ2n) is 7.73. The van der Waals surface area contributed by atoms with Crippen LogP contribution in [-0.4, -0.2) is 28.3 Å². The number of H-pyrrole nitrogens is 1. The highest BCUT2D eigenvalue weighted by Gasteiger charge is 2.30. The van der Waals surface area contributed by atoms with Crippen LogP contribution >= 0.6 is 0 Å². The zero-order valence-electron chi connectivity index (χ0n) is 16.5. The molecule has 0 radical (unpaired) electrons. The molecule has 0 saturated carbocycles. The Hall–Kier alpha value is -3.64. The summed E-state index contributed by atoms with van der Waals surface area (Å²) >= 11 is 0. The quantitative estimate of drug-likeness (QED) is 0.313. The standard InChI is InChI=1S/C24H22N4O2/c1-14-23-20(19-4-2-3-5-21(19)27-23)12-22(26-14)24(30)28-25-13-15-6-7-17-11-18(29)9-8-16(17)10-15/h2-11,13-14,22,26-27,29H,12H2,1H3,(H,28,30)/b25-13+. The van der Waals surface area contributed by atoms with Crippen LogP contribution in [0.15, 0.2) is 65.8 Å². The number of aromatic amines is 1. The van der Waals surface area contributed by atoms with Crippen molar-refractivity contribution in [1.82, 2.24) is 15.7 Å². The number of amides is 1. The minimum atomic E-state index is -0.344. The first-order chi connectivity index (χ1) is 14.6. The van der Waals surface area contributed by atoms with Crippen molar-refractivity contribution in [2.24, 2.45) is 5.10 Å². The summed E-state index contributed by atoms with van der Waals surface area (Å²) in [7, 11) is 0. The number of para-hydroxylation sites is 1. The van der Waals surface area contributed by atoms with Gasteiger partial charge in [0, 0.05) is 22.6 Å². The van der Waals surface area contributed by atoms with Crippen LogP contribution in [0.25, 0.3) is 21.7 Å². The second kappa shape index (κ2) is 7.31. The molecule has 0 bridgehead atoms. The molecule has 0 aliphatic carbocycles. The summed E-state index contributed by atoms with van der Waals surface area (Å²) < 4.78 is 0. The third-order valence-corrected chi connectivity index (χ3v) is 5.69. The molecule has 1 aliphatic heterocycles. The smallest absolute Gasteiger partial charge is 0.257 e. The Morgan fingerprint density at radius 2 is 1.93 bits per heavy atom. The van der Waals surface area contributed by atoms with E-state index in [4.69, 9.17) is 0 Å². The molecule has 1 aliphatic rings. The number of carbonyl (C=O) groups excluding carboxylic acids is 1. The molecule has 0 saturated heterocycles. The maximum Gasteiger partial charge on any atom is 0.257 e. The zero-order chi connectivity index (χ0) is 20.7. The summed E-state index contributed by atoms with van der Waals surface area (Å²) in [6.07, 6.45) is 2.25. The number of hydrogen-bond acceptors (Lipinski definition) is 4. The number of phenolic OH excluding ortho intramolecular Hbond substituents is 1. The highest BCUT2D eigenvalue weighted by atomic mass is 16.3. The van der Waals surface area contributed by atoms with E-state index in [1.54, 1.807) is 18.3 Å². The van der Waals surface area contributed by atoms with Gasteiger partial charge in [0.1, 0.15) is 5.75 Å². The summed E-state index contributed by atoms with van der Waals surface area (Å²) in [5.41, 5.74) is 6.97. The van der Waals surface area contributed by atoms with Gasteiger partial charge in [0.15, 0.2) is 0 Å².